The highest BCUT2D eigenvalue weighted by atomic mass is 14.5. The molecule has 0 aliphatic heterocycles. The van der Waals surface area contributed by atoms with Gasteiger partial charge in [0.25, 0.3) is 0 Å². The molecule has 1 aromatic rings. The van der Waals surface area contributed by atoms with Crippen LogP contribution in [-0.4, -0.2) is 0 Å². The van der Waals surface area contributed by atoms with E-state index in [1.54, 1.807) is 0 Å². The number of aryl methyl sites for hydroxylation is 1. The van der Waals surface area contributed by atoms with E-state index in [9.17, 15) is 0 Å². The SMILES string of the molecule is Cc1cc(N)ccc1C1CCC1. The van der Waals surface area contributed by atoms with E-state index in [0.29, 0.717) is 0 Å². The second-order valence-electron chi connectivity index (χ2n) is 3.74. The number of nitrogens with two attached hydrogens (primary N) is 1. The van der Waals surface area contributed by atoms with Crippen LogP contribution in [0.1, 0.15) is 36.3 Å². The van der Waals surface area contributed by atoms with E-state index < -0.39 is 0 Å². The third-order valence-electron chi connectivity index (χ3n) is 2.84. The third-order valence-corrected chi connectivity index (χ3v) is 2.84. The Labute approximate surface area is 73.6 Å². The highest BCUT2D eigenvalue weighted by Crippen LogP contribution is 2.38. The first-order chi connectivity index (χ1) is 5.77. The molecule has 0 saturated heterocycles. The zero-order chi connectivity index (χ0) is 8.55. The molecule has 1 aliphatic carbocycles. The van der Waals surface area contributed by atoms with Crippen molar-refractivity contribution in [2.75, 3.05) is 5.73 Å². The number of nitrogen functional groups attached to an aromatic ring is 1. The summed E-state index contributed by atoms with van der Waals surface area (Å²) in [5, 5.41) is 0. The number of anilines is 1. The van der Waals surface area contributed by atoms with Gasteiger partial charge in [-0.25, -0.2) is 0 Å². The van der Waals surface area contributed by atoms with Crippen molar-refractivity contribution in [2.45, 2.75) is 32.1 Å². The highest BCUT2D eigenvalue weighted by Gasteiger charge is 2.20. The first-order valence-electron chi connectivity index (χ1n) is 4.63. The van der Waals surface area contributed by atoms with Gasteiger partial charge in [-0.15, -0.1) is 0 Å². The van der Waals surface area contributed by atoms with E-state index in [1.807, 2.05) is 6.07 Å². The lowest BCUT2D eigenvalue weighted by Crippen LogP contribution is -2.10. The molecule has 2 rings (SSSR count). The van der Waals surface area contributed by atoms with Gasteiger partial charge in [0.15, 0.2) is 0 Å². The molecule has 0 aromatic heterocycles. The summed E-state index contributed by atoms with van der Waals surface area (Å²) in [6.07, 6.45) is 4.13. The topological polar surface area (TPSA) is 26.0 Å². The number of hydrogen-bond acceptors (Lipinski definition) is 1. The minimum Gasteiger partial charge on any atom is -0.399 e. The van der Waals surface area contributed by atoms with Crippen molar-refractivity contribution in [1.82, 2.24) is 0 Å². The number of benzene rings is 1. The second-order valence-corrected chi connectivity index (χ2v) is 3.74. The Bertz CT molecular complexity index is 287. The fourth-order valence-electron chi connectivity index (χ4n) is 1.88. The van der Waals surface area contributed by atoms with Crippen LogP contribution in [0.4, 0.5) is 5.69 Å². The van der Waals surface area contributed by atoms with Gasteiger partial charge in [0.1, 0.15) is 0 Å². The normalized spacial score (nSPS) is 17.4. The molecule has 64 valence electrons. The highest BCUT2D eigenvalue weighted by molar-refractivity contribution is 5.45. The molecule has 1 heteroatoms. The zero-order valence-electron chi connectivity index (χ0n) is 7.51. The van der Waals surface area contributed by atoms with Crippen LogP contribution in [0.2, 0.25) is 0 Å². The lowest BCUT2D eigenvalue weighted by atomic mass is 9.78. The average Bonchev–Trinajstić information content (AvgIpc) is 1.91. The lowest BCUT2D eigenvalue weighted by molar-refractivity contribution is 0.418. The van der Waals surface area contributed by atoms with E-state index in [2.05, 4.69) is 19.1 Å². The van der Waals surface area contributed by atoms with E-state index in [1.165, 1.54) is 30.4 Å². The average molecular weight is 161 g/mol. The van der Waals surface area contributed by atoms with Gasteiger partial charge in [0.05, 0.1) is 0 Å². The van der Waals surface area contributed by atoms with Gasteiger partial charge in [-0.2, -0.15) is 0 Å². The van der Waals surface area contributed by atoms with Crippen LogP contribution in [-0.2, 0) is 0 Å². The Morgan fingerprint density at radius 1 is 1.33 bits per heavy atom. The monoisotopic (exact) mass is 161 g/mol. The van der Waals surface area contributed by atoms with Crippen LogP contribution < -0.4 is 5.73 Å². The van der Waals surface area contributed by atoms with Gasteiger partial charge < -0.3 is 5.73 Å². The smallest absolute Gasteiger partial charge is 0.0316 e. The Morgan fingerprint density at radius 3 is 2.58 bits per heavy atom. The van der Waals surface area contributed by atoms with Crippen LogP contribution in [0.25, 0.3) is 0 Å². The van der Waals surface area contributed by atoms with Crippen molar-refractivity contribution in [1.29, 1.82) is 0 Å². The molecular formula is C11H15N. The van der Waals surface area contributed by atoms with Crippen LogP contribution in [0.3, 0.4) is 0 Å². The van der Waals surface area contributed by atoms with E-state index in [-0.39, 0.29) is 0 Å². The number of rotatable bonds is 1. The molecule has 12 heavy (non-hydrogen) atoms. The van der Waals surface area contributed by atoms with Crippen LogP contribution >= 0.6 is 0 Å². The van der Waals surface area contributed by atoms with Gasteiger partial charge in [-0.05, 0) is 48.9 Å². The fourth-order valence-corrected chi connectivity index (χ4v) is 1.88. The molecule has 0 spiro atoms. The minimum atomic E-state index is 0.825. The number of hydrogen-bond donors (Lipinski definition) is 1. The molecule has 0 unspecified atom stereocenters. The summed E-state index contributed by atoms with van der Waals surface area (Å²) in [6.45, 7) is 2.16. The van der Waals surface area contributed by atoms with Crippen LogP contribution in [0, 0.1) is 6.92 Å². The maximum Gasteiger partial charge on any atom is 0.0316 e. The van der Waals surface area contributed by atoms with Crippen molar-refractivity contribution < 1.29 is 0 Å². The summed E-state index contributed by atoms with van der Waals surface area (Å²) >= 11 is 0. The van der Waals surface area contributed by atoms with Gasteiger partial charge in [0.2, 0.25) is 0 Å². The zero-order valence-corrected chi connectivity index (χ0v) is 7.51. The summed E-state index contributed by atoms with van der Waals surface area (Å²) in [7, 11) is 0. The molecule has 1 aliphatic rings. The summed E-state index contributed by atoms with van der Waals surface area (Å²) < 4.78 is 0. The van der Waals surface area contributed by atoms with Crippen molar-refractivity contribution in [3.8, 4) is 0 Å². The molecule has 1 nitrogen and oxygen atoms in total. The van der Waals surface area contributed by atoms with Crippen molar-refractivity contribution in [3.63, 3.8) is 0 Å². The molecule has 0 amide bonds. The van der Waals surface area contributed by atoms with Crippen molar-refractivity contribution in [3.05, 3.63) is 29.3 Å². The predicted molar refractivity (Wildman–Crippen MR) is 52.2 cm³/mol. The summed E-state index contributed by atoms with van der Waals surface area (Å²) in [6, 6.07) is 6.28. The van der Waals surface area contributed by atoms with Gasteiger partial charge >= 0.3 is 0 Å². The van der Waals surface area contributed by atoms with Gasteiger partial charge in [-0.1, -0.05) is 12.5 Å². The quantitative estimate of drug-likeness (QED) is 0.630. The second kappa shape index (κ2) is 2.81. The Kier molecular flexibility index (Phi) is 1.80. The van der Waals surface area contributed by atoms with E-state index >= 15 is 0 Å². The molecule has 2 N–H and O–H groups in total. The van der Waals surface area contributed by atoms with Crippen LogP contribution in [0.5, 0.6) is 0 Å². The summed E-state index contributed by atoms with van der Waals surface area (Å²) in [4.78, 5) is 0. The molecule has 0 bridgehead atoms. The first kappa shape index (κ1) is 7.66. The van der Waals surface area contributed by atoms with Crippen molar-refractivity contribution in [2.24, 2.45) is 0 Å². The maximum absolute atomic E-state index is 5.69. The first-order valence-corrected chi connectivity index (χ1v) is 4.63. The summed E-state index contributed by atoms with van der Waals surface area (Å²) in [5.41, 5.74) is 9.44. The maximum atomic E-state index is 5.69. The molecule has 0 atom stereocenters. The molecule has 0 radical (unpaired) electrons. The standard InChI is InChI=1S/C11H15N/c1-8-7-10(12)5-6-11(8)9-3-2-4-9/h5-7,9H,2-4,12H2,1H3. The molecular weight excluding hydrogens is 146 g/mol. The molecule has 0 heterocycles. The lowest BCUT2D eigenvalue weighted by Gasteiger charge is -2.27. The predicted octanol–water partition coefficient (Wildman–Crippen LogP) is 2.84. The van der Waals surface area contributed by atoms with Gasteiger partial charge in [0, 0.05) is 5.69 Å². The van der Waals surface area contributed by atoms with Crippen molar-refractivity contribution >= 4 is 5.69 Å². The minimum absolute atomic E-state index is 0.825. The fraction of sp³-hybridized carbons (Fsp3) is 0.455. The van der Waals surface area contributed by atoms with Crippen LogP contribution in [0.15, 0.2) is 18.2 Å². The molecule has 1 aromatic carbocycles. The van der Waals surface area contributed by atoms with Gasteiger partial charge in [-0.3, -0.25) is 0 Å². The third kappa shape index (κ3) is 1.20. The molecule has 1 saturated carbocycles. The summed E-state index contributed by atoms with van der Waals surface area (Å²) in [5.74, 6) is 0.825. The van der Waals surface area contributed by atoms with E-state index in [0.717, 1.165) is 11.6 Å². The van der Waals surface area contributed by atoms with E-state index in [4.69, 9.17) is 5.73 Å². The molecule has 1 fully saturated rings. The Hall–Kier alpha value is -0.980. The Morgan fingerprint density at radius 2 is 2.08 bits per heavy atom. The Balaban J connectivity index is 2.31. The largest absolute Gasteiger partial charge is 0.399 e.